The lowest BCUT2D eigenvalue weighted by molar-refractivity contribution is 0.415. The van der Waals surface area contributed by atoms with Gasteiger partial charge >= 0.3 is 0 Å². The third-order valence-electron chi connectivity index (χ3n) is 2.50. The van der Waals surface area contributed by atoms with Gasteiger partial charge < -0.3 is 10.3 Å². The lowest BCUT2D eigenvalue weighted by Crippen LogP contribution is -1.94. The normalized spacial score (nSPS) is 12.6. The van der Waals surface area contributed by atoms with Crippen LogP contribution < -0.4 is 5.73 Å². The van der Waals surface area contributed by atoms with Crippen molar-refractivity contribution < 1.29 is 4.52 Å². The van der Waals surface area contributed by atoms with E-state index in [1.165, 1.54) is 0 Å². The highest BCUT2D eigenvalue weighted by molar-refractivity contribution is 5.50. The monoisotopic (exact) mass is 218 g/mol. The molecule has 0 spiro atoms. The fourth-order valence-electron chi connectivity index (χ4n) is 1.25. The second-order valence-electron chi connectivity index (χ2n) is 3.74. The summed E-state index contributed by atoms with van der Waals surface area (Å²) in [7, 11) is 0. The van der Waals surface area contributed by atoms with Crippen LogP contribution in [0.1, 0.15) is 32.0 Å². The summed E-state index contributed by atoms with van der Waals surface area (Å²) in [4.78, 5) is 8.43. The van der Waals surface area contributed by atoms with E-state index in [1.807, 2.05) is 0 Å². The molecule has 2 rings (SSSR count). The van der Waals surface area contributed by atoms with Gasteiger partial charge in [0.15, 0.2) is 5.82 Å². The first-order chi connectivity index (χ1) is 7.70. The smallest absolute Gasteiger partial charge is 0.276 e. The zero-order chi connectivity index (χ0) is 11.5. The fraction of sp³-hybridized carbons (Fsp3) is 0.364. The predicted molar refractivity (Wildman–Crippen MR) is 60.6 cm³/mol. The lowest BCUT2D eigenvalue weighted by Gasteiger charge is -1.98. The van der Waals surface area contributed by atoms with Gasteiger partial charge in [0.05, 0.1) is 11.9 Å². The van der Waals surface area contributed by atoms with Crippen LogP contribution in [0.25, 0.3) is 11.6 Å². The number of nitrogens with zero attached hydrogens (tertiary/aromatic N) is 3. The number of anilines is 1. The Morgan fingerprint density at radius 2 is 2.25 bits per heavy atom. The number of rotatable bonds is 3. The van der Waals surface area contributed by atoms with Gasteiger partial charge in [-0.05, 0) is 18.6 Å². The van der Waals surface area contributed by atoms with Gasteiger partial charge in [-0.1, -0.05) is 19.0 Å². The summed E-state index contributed by atoms with van der Waals surface area (Å²) in [5, 5.41) is 3.93. The first-order valence-electron chi connectivity index (χ1n) is 5.26. The maximum Gasteiger partial charge on any atom is 0.276 e. The summed E-state index contributed by atoms with van der Waals surface area (Å²) < 4.78 is 5.15. The number of nitrogen functional groups attached to an aromatic ring is 1. The van der Waals surface area contributed by atoms with Crippen molar-refractivity contribution in [2.45, 2.75) is 26.2 Å². The van der Waals surface area contributed by atoms with Crippen LogP contribution in [0, 0.1) is 0 Å². The van der Waals surface area contributed by atoms with E-state index in [9.17, 15) is 0 Å². The quantitative estimate of drug-likeness (QED) is 0.854. The Labute approximate surface area is 93.7 Å². The van der Waals surface area contributed by atoms with Gasteiger partial charge in [0.2, 0.25) is 0 Å². The van der Waals surface area contributed by atoms with Crippen LogP contribution in [0.2, 0.25) is 0 Å². The molecular weight excluding hydrogens is 204 g/mol. The van der Waals surface area contributed by atoms with Gasteiger partial charge in [0, 0.05) is 5.92 Å². The molecule has 84 valence electrons. The van der Waals surface area contributed by atoms with Crippen molar-refractivity contribution in [2.24, 2.45) is 0 Å². The van der Waals surface area contributed by atoms with Crippen LogP contribution in [-0.4, -0.2) is 15.1 Å². The van der Waals surface area contributed by atoms with Crippen LogP contribution in [0.15, 0.2) is 22.9 Å². The average molecular weight is 218 g/mol. The molecular formula is C11H14N4O. The lowest BCUT2D eigenvalue weighted by atomic mass is 10.1. The molecule has 0 amide bonds. The Morgan fingerprint density at radius 1 is 1.44 bits per heavy atom. The van der Waals surface area contributed by atoms with E-state index >= 15 is 0 Å². The molecule has 0 radical (unpaired) electrons. The van der Waals surface area contributed by atoms with E-state index in [4.69, 9.17) is 10.3 Å². The second-order valence-corrected chi connectivity index (χ2v) is 3.74. The summed E-state index contributed by atoms with van der Waals surface area (Å²) >= 11 is 0. The van der Waals surface area contributed by atoms with E-state index < -0.39 is 0 Å². The maximum atomic E-state index is 5.55. The first kappa shape index (κ1) is 10.6. The number of nitrogens with two attached hydrogens (primary N) is 1. The molecule has 1 atom stereocenters. The fourth-order valence-corrected chi connectivity index (χ4v) is 1.25. The van der Waals surface area contributed by atoms with Crippen molar-refractivity contribution in [3.63, 3.8) is 0 Å². The Bertz CT molecular complexity index is 463. The minimum Gasteiger partial charge on any atom is -0.397 e. The zero-order valence-corrected chi connectivity index (χ0v) is 9.34. The van der Waals surface area contributed by atoms with Crippen molar-refractivity contribution in [3.8, 4) is 11.6 Å². The van der Waals surface area contributed by atoms with Gasteiger partial charge in [-0.25, -0.2) is 4.98 Å². The largest absolute Gasteiger partial charge is 0.397 e. The molecule has 1 unspecified atom stereocenters. The molecule has 2 N–H and O–H groups in total. The SMILES string of the molecule is CCC(C)c1noc(-c2ccc(N)cn2)n1. The molecule has 0 fully saturated rings. The molecule has 2 aromatic rings. The molecule has 0 saturated heterocycles. The second kappa shape index (κ2) is 4.30. The molecule has 0 aliphatic rings. The highest BCUT2D eigenvalue weighted by Crippen LogP contribution is 2.20. The molecule has 0 saturated carbocycles. The third kappa shape index (κ3) is 2.03. The maximum absolute atomic E-state index is 5.55. The van der Waals surface area contributed by atoms with Crippen molar-refractivity contribution in [1.29, 1.82) is 0 Å². The van der Waals surface area contributed by atoms with Crippen LogP contribution in [0.3, 0.4) is 0 Å². The van der Waals surface area contributed by atoms with Crippen molar-refractivity contribution in [3.05, 3.63) is 24.2 Å². The standard InChI is InChI=1S/C11H14N4O/c1-3-7(2)10-14-11(16-15-10)9-5-4-8(12)6-13-9/h4-7H,3,12H2,1-2H3. The molecule has 16 heavy (non-hydrogen) atoms. The minimum absolute atomic E-state index is 0.297. The Hall–Kier alpha value is -1.91. The Morgan fingerprint density at radius 3 is 2.88 bits per heavy atom. The molecule has 0 bridgehead atoms. The highest BCUT2D eigenvalue weighted by Gasteiger charge is 2.13. The predicted octanol–water partition coefficient (Wildman–Crippen LogP) is 2.23. The van der Waals surface area contributed by atoms with E-state index in [0.717, 1.165) is 12.2 Å². The van der Waals surface area contributed by atoms with Gasteiger partial charge in [0.1, 0.15) is 5.69 Å². The Kier molecular flexibility index (Phi) is 2.85. The molecule has 0 aromatic carbocycles. The van der Waals surface area contributed by atoms with Gasteiger partial charge in [0.25, 0.3) is 5.89 Å². The van der Waals surface area contributed by atoms with E-state index in [2.05, 4.69) is 29.0 Å². The average Bonchev–Trinajstić information content (AvgIpc) is 2.78. The van der Waals surface area contributed by atoms with Crippen LogP contribution in [-0.2, 0) is 0 Å². The van der Waals surface area contributed by atoms with Crippen LogP contribution in [0.4, 0.5) is 5.69 Å². The number of hydrogen-bond acceptors (Lipinski definition) is 5. The Balaban J connectivity index is 2.28. The van der Waals surface area contributed by atoms with E-state index in [0.29, 0.717) is 23.2 Å². The third-order valence-corrected chi connectivity index (χ3v) is 2.50. The molecule has 0 aliphatic carbocycles. The van der Waals surface area contributed by atoms with E-state index in [-0.39, 0.29) is 0 Å². The molecule has 2 aromatic heterocycles. The first-order valence-corrected chi connectivity index (χ1v) is 5.26. The topological polar surface area (TPSA) is 77.8 Å². The van der Waals surface area contributed by atoms with Gasteiger partial charge in [-0.3, -0.25) is 0 Å². The summed E-state index contributed by atoms with van der Waals surface area (Å²) in [6.45, 7) is 4.15. The molecule has 5 nitrogen and oxygen atoms in total. The molecule has 5 heteroatoms. The number of pyridine rings is 1. The summed E-state index contributed by atoms with van der Waals surface area (Å²) in [5.74, 6) is 1.46. The summed E-state index contributed by atoms with van der Waals surface area (Å²) in [5.41, 5.74) is 6.82. The van der Waals surface area contributed by atoms with E-state index in [1.54, 1.807) is 18.3 Å². The molecule has 2 heterocycles. The minimum atomic E-state index is 0.297. The molecule has 0 aliphatic heterocycles. The summed E-state index contributed by atoms with van der Waals surface area (Å²) in [6, 6.07) is 3.53. The van der Waals surface area contributed by atoms with Crippen LogP contribution in [0.5, 0.6) is 0 Å². The number of aromatic nitrogens is 3. The van der Waals surface area contributed by atoms with Crippen molar-refractivity contribution >= 4 is 5.69 Å². The van der Waals surface area contributed by atoms with Crippen LogP contribution >= 0.6 is 0 Å². The van der Waals surface area contributed by atoms with Gasteiger partial charge in [-0.2, -0.15) is 4.98 Å². The van der Waals surface area contributed by atoms with Crippen molar-refractivity contribution in [1.82, 2.24) is 15.1 Å². The van der Waals surface area contributed by atoms with Gasteiger partial charge in [-0.15, -0.1) is 0 Å². The van der Waals surface area contributed by atoms with Crippen molar-refractivity contribution in [2.75, 3.05) is 5.73 Å². The number of hydrogen-bond donors (Lipinski definition) is 1. The zero-order valence-electron chi connectivity index (χ0n) is 9.34. The highest BCUT2D eigenvalue weighted by atomic mass is 16.5. The summed E-state index contributed by atoms with van der Waals surface area (Å²) in [6.07, 6.45) is 2.55.